The second kappa shape index (κ2) is 5.01. The largest absolute Gasteiger partial charge is 0.457 e. The van der Waals surface area contributed by atoms with Crippen molar-refractivity contribution in [1.29, 1.82) is 0 Å². The van der Waals surface area contributed by atoms with Crippen LogP contribution >= 0.6 is 15.9 Å². The van der Waals surface area contributed by atoms with Crippen molar-refractivity contribution in [2.75, 3.05) is 13.1 Å². The van der Waals surface area contributed by atoms with Gasteiger partial charge in [-0.3, -0.25) is 4.79 Å². The van der Waals surface area contributed by atoms with Crippen molar-refractivity contribution in [3.63, 3.8) is 0 Å². The molecule has 88 valence electrons. The molecule has 16 heavy (non-hydrogen) atoms. The molecule has 1 unspecified atom stereocenters. The molecule has 4 nitrogen and oxygen atoms in total. The van der Waals surface area contributed by atoms with Crippen molar-refractivity contribution in [3.05, 3.63) is 22.6 Å². The van der Waals surface area contributed by atoms with Crippen molar-refractivity contribution >= 4 is 21.8 Å². The molecule has 1 aliphatic rings. The predicted octanol–water partition coefficient (Wildman–Crippen LogP) is 2.00. The average molecular weight is 287 g/mol. The lowest BCUT2D eigenvalue weighted by Crippen LogP contribution is -2.47. The second-order valence-electron chi connectivity index (χ2n) is 3.99. The van der Waals surface area contributed by atoms with Gasteiger partial charge in [0.15, 0.2) is 4.67 Å². The Bertz CT molecular complexity index is 378. The van der Waals surface area contributed by atoms with Crippen LogP contribution in [-0.4, -0.2) is 29.9 Å². The summed E-state index contributed by atoms with van der Waals surface area (Å²) in [7, 11) is 0. The SMILES string of the molecule is NCC1CCCCN1C(=O)c1ccoc1Br. The number of amides is 1. The molecule has 0 saturated carbocycles. The highest BCUT2D eigenvalue weighted by molar-refractivity contribution is 9.10. The Kier molecular flexibility index (Phi) is 3.66. The van der Waals surface area contributed by atoms with Crippen LogP contribution in [0.15, 0.2) is 21.4 Å². The summed E-state index contributed by atoms with van der Waals surface area (Å²) in [6, 6.07) is 1.86. The van der Waals surface area contributed by atoms with Crippen molar-refractivity contribution in [1.82, 2.24) is 4.90 Å². The lowest BCUT2D eigenvalue weighted by atomic mass is 10.0. The molecule has 5 heteroatoms. The smallest absolute Gasteiger partial charge is 0.258 e. The van der Waals surface area contributed by atoms with Gasteiger partial charge in [-0.2, -0.15) is 0 Å². The molecule has 0 aliphatic carbocycles. The minimum atomic E-state index is 0.00998. The molecule has 0 aromatic carbocycles. The van der Waals surface area contributed by atoms with Crippen molar-refractivity contribution in [2.24, 2.45) is 5.73 Å². The van der Waals surface area contributed by atoms with Crippen LogP contribution in [0.25, 0.3) is 0 Å². The van der Waals surface area contributed by atoms with Crippen molar-refractivity contribution in [3.8, 4) is 0 Å². The summed E-state index contributed by atoms with van der Waals surface area (Å²) in [5, 5.41) is 0. The Morgan fingerprint density at radius 2 is 2.44 bits per heavy atom. The van der Waals surface area contributed by atoms with Crippen LogP contribution in [0.3, 0.4) is 0 Å². The number of likely N-dealkylation sites (tertiary alicyclic amines) is 1. The van der Waals surface area contributed by atoms with Crippen LogP contribution in [0.4, 0.5) is 0 Å². The number of rotatable bonds is 2. The van der Waals surface area contributed by atoms with Gasteiger partial charge in [0.05, 0.1) is 11.8 Å². The van der Waals surface area contributed by atoms with Crippen LogP contribution in [-0.2, 0) is 0 Å². The maximum absolute atomic E-state index is 12.2. The quantitative estimate of drug-likeness (QED) is 0.905. The fourth-order valence-corrected chi connectivity index (χ4v) is 2.52. The molecule has 1 aliphatic heterocycles. The van der Waals surface area contributed by atoms with E-state index in [1.807, 2.05) is 4.90 Å². The summed E-state index contributed by atoms with van der Waals surface area (Å²) in [5.41, 5.74) is 6.28. The van der Waals surface area contributed by atoms with E-state index >= 15 is 0 Å². The van der Waals surface area contributed by atoms with E-state index in [4.69, 9.17) is 10.2 Å². The summed E-state index contributed by atoms with van der Waals surface area (Å²) in [6.07, 6.45) is 4.71. The predicted molar refractivity (Wildman–Crippen MR) is 64.1 cm³/mol. The first-order valence-corrected chi connectivity index (χ1v) is 6.27. The molecule has 1 aromatic rings. The minimum Gasteiger partial charge on any atom is -0.457 e. The zero-order chi connectivity index (χ0) is 11.5. The maximum atomic E-state index is 12.2. The topological polar surface area (TPSA) is 59.5 Å². The molecule has 1 amide bonds. The summed E-state index contributed by atoms with van der Waals surface area (Å²) < 4.78 is 5.58. The Labute approximate surface area is 103 Å². The number of halogens is 1. The lowest BCUT2D eigenvalue weighted by Gasteiger charge is -2.34. The summed E-state index contributed by atoms with van der Waals surface area (Å²) in [4.78, 5) is 14.1. The molecule has 1 fully saturated rings. The van der Waals surface area contributed by atoms with Crippen LogP contribution in [0.5, 0.6) is 0 Å². The molecule has 2 heterocycles. The third-order valence-electron chi connectivity index (χ3n) is 3.01. The highest BCUT2D eigenvalue weighted by atomic mass is 79.9. The van der Waals surface area contributed by atoms with Gasteiger partial charge in [-0.1, -0.05) is 0 Å². The van der Waals surface area contributed by atoms with Gasteiger partial charge in [0.2, 0.25) is 0 Å². The first-order valence-electron chi connectivity index (χ1n) is 5.48. The van der Waals surface area contributed by atoms with Gasteiger partial charge >= 0.3 is 0 Å². The molecule has 0 radical (unpaired) electrons. The second-order valence-corrected chi connectivity index (χ2v) is 4.71. The summed E-state index contributed by atoms with van der Waals surface area (Å²) in [6.45, 7) is 1.32. The number of hydrogen-bond donors (Lipinski definition) is 1. The van der Waals surface area contributed by atoms with Crippen LogP contribution in [0, 0.1) is 0 Å². The number of hydrogen-bond acceptors (Lipinski definition) is 3. The number of piperidine rings is 1. The van der Waals surface area contributed by atoms with E-state index in [9.17, 15) is 4.79 Å². The standard InChI is InChI=1S/C11H15BrN2O2/c12-10-9(4-6-16-10)11(15)14-5-2-1-3-8(14)7-13/h4,6,8H,1-3,5,7,13H2. The van der Waals surface area contributed by atoms with Crippen LogP contribution in [0.2, 0.25) is 0 Å². The molecule has 1 saturated heterocycles. The highest BCUT2D eigenvalue weighted by Gasteiger charge is 2.28. The van der Waals surface area contributed by atoms with E-state index in [0.717, 1.165) is 25.8 Å². The number of nitrogens with two attached hydrogens (primary N) is 1. The number of carbonyl (C=O) groups is 1. The number of furan rings is 1. The molecular formula is C11H15BrN2O2. The molecule has 0 bridgehead atoms. The van der Waals surface area contributed by atoms with Crippen LogP contribution in [0.1, 0.15) is 29.6 Å². The first-order chi connectivity index (χ1) is 7.74. The van der Waals surface area contributed by atoms with Gasteiger partial charge < -0.3 is 15.1 Å². The molecule has 1 aromatic heterocycles. The Morgan fingerprint density at radius 3 is 3.06 bits per heavy atom. The van der Waals surface area contributed by atoms with Gasteiger partial charge in [-0.25, -0.2) is 0 Å². The summed E-state index contributed by atoms with van der Waals surface area (Å²) in [5.74, 6) is 0.00998. The highest BCUT2D eigenvalue weighted by Crippen LogP contribution is 2.23. The summed E-state index contributed by atoms with van der Waals surface area (Å²) >= 11 is 3.23. The molecule has 2 N–H and O–H groups in total. The van der Waals surface area contributed by atoms with E-state index in [1.54, 1.807) is 6.07 Å². The van der Waals surface area contributed by atoms with E-state index in [2.05, 4.69) is 15.9 Å². The fraction of sp³-hybridized carbons (Fsp3) is 0.545. The number of carbonyl (C=O) groups excluding carboxylic acids is 1. The zero-order valence-electron chi connectivity index (χ0n) is 8.99. The van der Waals surface area contributed by atoms with Gasteiger partial charge in [0.1, 0.15) is 0 Å². The normalized spacial score (nSPS) is 21.1. The van der Waals surface area contributed by atoms with E-state index in [0.29, 0.717) is 16.8 Å². The van der Waals surface area contributed by atoms with E-state index in [-0.39, 0.29) is 11.9 Å². The monoisotopic (exact) mass is 286 g/mol. The Morgan fingerprint density at radius 1 is 1.62 bits per heavy atom. The third kappa shape index (κ3) is 2.15. The molecule has 2 rings (SSSR count). The minimum absolute atomic E-state index is 0.00998. The van der Waals surface area contributed by atoms with E-state index < -0.39 is 0 Å². The number of nitrogens with zero attached hydrogens (tertiary/aromatic N) is 1. The maximum Gasteiger partial charge on any atom is 0.258 e. The van der Waals surface area contributed by atoms with Gasteiger partial charge in [-0.15, -0.1) is 0 Å². The van der Waals surface area contributed by atoms with Crippen LogP contribution < -0.4 is 5.73 Å². The molecule has 1 atom stereocenters. The van der Waals surface area contributed by atoms with Crippen molar-refractivity contribution < 1.29 is 9.21 Å². The Balaban J connectivity index is 2.17. The van der Waals surface area contributed by atoms with Gasteiger partial charge in [0, 0.05) is 19.1 Å². The first kappa shape index (κ1) is 11.7. The lowest BCUT2D eigenvalue weighted by molar-refractivity contribution is 0.0621. The fourth-order valence-electron chi connectivity index (χ4n) is 2.11. The Hall–Kier alpha value is -0.810. The van der Waals surface area contributed by atoms with Crippen molar-refractivity contribution in [2.45, 2.75) is 25.3 Å². The van der Waals surface area contributed by atoms with E-state index in [1.165, 1.54) is 6.26 Å². The third-order valence-corrected chi connectivity index (χ3v) is 3.62. The van der Waals surface area contributed by atoms with Gasteiger partial charge in [-0.05, 0) is 41.3 Å². The average Bonchev–Trinajstić information content (AvgIpc) is 2.74. The zero-order valence-corrected chi connectivity index (χ0v) is 10.6. The molecule has 0 spiro atoms. The molecular weight excluding hydrogens is 272 g/mol. The van der Waals surface area contributed by atoms with Gasteiger partial charge in [0.25, 0.3) is 5.91 Å².